The third kappa shape index (κ3) is 4.97. The predicted molar refractivity (Wildman–Crippen MR) is 115 cm³/mol. The van der Waals surface area contributed by atoms with Gasteiger partial charge in [-0.05, 0) is 47.7 Å². The van der Waals surface area contributed by atoms with E-state index in [1.54, 1.807) is 36.4 Å². The molecule has 1 N–H and O–H groups in total. The van der Waals surface area contributed by atoms with Crippen LogP contribution in [0, 0.1) is 0 Å². The van der Waals surface area contributed by atoms with E-state index in [1.807, 2.05) is 0 Å². The van der Waals surface area contributed by atoms with Gasteiger partial charge in [0, 0.05) is 19.3 Å². The van der Waals surface area contributed by atoms with Gasteiger partial charge in [0.05, 0.1) is 26.2 Å². The smallest absolute Gasteiger partial charge is 0.293 e. The maximum atomic E-state index is 12.7. The zero-order chi connectivity index (χ0) is 22.4. The number of pyridine rings is 1. The maximum absolute atomic E-state index is 12.7. The first-order chi connectivity index (χ1) is 15.0. The molecule has 3 amide bonds. The van der Waals surface area contributed by atoms with Crippen LogP contribution < -0.4 is 19.5 Å². The number of nitrogens with zero attached hydrogens (tertiary/aromatic N) is 2. The van der Waals surface area contributed by atoms with E-state index >= 15 is 0 Å². The van der Waals surface area contributed by atoms with E-state index in [-0.39, 0.29) is 29.6 Å². The van der Waals surface area contributed by atoms with Crippen LogP contribution in [0.15, 0.2) is 41.4 Å². The Morgan fingerprint density at radius 3 is 2.42 bits per heavy atom. The van der Waals surface area contributed by atoms with E-state index < -0.39 is 11.1 Å². The number of methoxy groups -OCH3 is 3. The van der Waals surface area contributed by atoms with Crippen LogP contribution in [0.1, 0.15) is 16.1 Å². The Balaban J connectivity index is 1.70. The van der Waals surface area contributed by atoms with Crippen molar-refractivity contribution in [1.29, 1.82) is 0 Å². The molecule has 0 spiro atoms. The Bertz CT molecular complexity index is 1000. The molecule has 1 saturated heterocycles. The predicted octanol–water partition coefficient (Wildman–Crippen LogP) is 2.57. The van der Waals surface area contributed by atoms with Gasteiger partial charge < -0.3 is 19.5 Å². The molecule has 1 aliphatic rings. The Morgan fingerprint density at radius 1 is 1.13 bits per heavy atom. The van der Waals surface area contributed by atoms with Crippen LogP contribution in [0.3, 0.4) is 0 Å². The summed E-state index contributed by atoms with van der Waals surface area (Å²) >= 11 is 0.829. The molecule has 2 aromatic rings. The van der Waals surface area contributed by atoms with Crippen LogP contribution >= 0.6 is 11.8 Å². The van der Waals surface area contributed by atoms with Gasteiger partial charge in [-0.3, -0.25) is 24.3 Å². The largest absolute Gasteiger partial charge is 0.493 e. The normalized spacial score (nSPS) is 14.7. The van der Waals surface area contributed by atoms with E-state index in [2.05, 4.69) is 10.3 Å². The fourth-order valence-corrected chi connectivity index (χ4v) is 3.76. The number of ether oxygens (including phenoxy) is 3. The second-order valence-corrected chi connectivity index (χ2v) is 7.26. The molecule has 9 nitrogen and oxygen atoms in total. The molecule has 0 saturated carbocycles. The molecule has 0 bridgehead atoms. The standard InChI is InChI=1S/C21H21N3O6S/c1-28-15-10-13(11-16(29-2)18(15)30-3)12-17-20(26)24(21(27)31-17)9-8-23-19(25)14-6-4-5-7-22-14/h4-7,10-12H,8-9H2,1-3H3,(H,23,25)/b17-12-. The van der Waals surface area contributed by atoms with Gasteiger partial charge in [0.25, 0.3) is 17.1 Å². The van der Waals surface area contributed by atoms with Gasteiger partial charge in [-0.15, -0.1) is 0 Å². The van der Waals surface area contributed by atoms with E-state index in [0.717, 1.165) is 16.7 Å². The summed E-state index contributed by atoms with van der Waals surface area (Å²) in [5.74, 6) is 0.490. The van der Waals surface area contributed by atoms with Crippen LogP contribution in [-0.4, -0.2) is 61.4 Å². The number of benzene rings is 1. The highest BCUT2D eigenvalue weighted by molar-refractivity contribution is 8.18. The number of hydrogen-bond donors (Lipinski definition) is 1. The Hall–Kier alpha value is -3.53. The number of hydrogen-bond acceptors (Lipinski definition) is 8. The number of nitrogens with one attached hydrogen (secondary N) is 1. The Morgan fingerprint density at radius 2 is 1.84 bits per heavy atom. The lowest BCUT2D eigenvalue weighted by Crippen LogP contribution is -2.37. The van der Waals surface area contributed by atoms with Crippen LogP contribution in [0.4, 0.5) is 4.79 Å². The fraction of sp³-hybridized carbons (Fsp3) is 0.238. The van der Waals surface area contributed by atoms with Crippen molar-refractivity contribution in [2.75, 3.05) is 34.4 Å². The highest BCUT2D eigenvalue weighted by Crippen LogP contribution is 2.40. The Labute approximate surface area is 183 Å². The monoisotopic (exact) mass is 443 g/mol. The van der Waals surface area contributed by atoms with Gasteiger partial charge in [0.2, 0.25) is 5.75 Å². The average Bonchev–Trinajstić information content (AvgIpc) is 3.06. The van der Waals surface area contributed by atoms with Gasteiger partial charge >= 0.3 is 0 Å². The van der Waals surface area contributed by atoms with E-state index in [0.29, 0.717) is 22.8 Å². The highest BCUT2D eigenvalue weighted by atomic mass is 32.2. The van der Waals surface area contributed by atoms with Crippen molar-refractivity contribution in [3.63, 3.8) is 0 Å². The minimum Gasteiger partial charge on any atom is -0.493 e. The van der Waals surface area contributed by atoms with Gasteiger partial charge in [-0.1, -0.05) is 6.07 Å². The van der Waals surface area contributed by atoms with Crippen LogP contribution in [0.2, 0.25) is 0 Å². The van der Waals surface area contributed by atoms with Crippen molar-refractivity contribution in [2.45, 2.75) is 0 Å². The summed E-state index contributed by atoms with van der Waals surface area (Å²) in [6.07, 6.45) is 3.10. The first kappa shape index (κ1) is 22.2. The lowest BCUT2D eigenvalue weighted by molar-refractivity contribution is -0.122. The molecule has 10 heteroatoms. The Kier molecular flexibility index (Phi) is 7.14. The number of imide groups is 1. The van der Waals surface area contributed by atoms with Crippen molar-refractivity contribution in [3.8, 4) is 17.2 Å². The molecule has 31 heavy (non-hydrogen) atoms. The highest BCUT2D eigenvalue weighted by Gasteiger charge is 2.34. The lowest BCUT2D eigenvalue weighted by atomic mass is 10.1. The van der Waals surface area contributed by atoms with Crippen molar-refractivity contribution in [2.24, 2.45) is 0 Å². The van der Waals surface area contributed by atoms with Crippen molar-refractivity contribution < 1.29 is 28.6 Å². The molecular weight excluding hydrogens is 422 g/mol. The van der Waals surface area contributed by atoms with Crippen LogP contribution in [-0.2, 0) is 4.79 Å². The molecule has 0 unspecified atom stereocenters. The van der Waals surface area contributed by atoms with Crippen LogP contribution in [0.25, 0.3) is 6.08 Å². The number of carbonyl (C=O) groups is 3. The summed E-state index contributed by atoms with van der Waals surface area (Å²) in [5.41, 5.74) is 0.877. The summed E-state index contributed by atoms with van der Waals surface area (Å²) in [4.78, 5) is 42.4. The van der Waals surface area contributed by atoms with Crippen molar-refractivity contribution in [3.05, 3.63) is 52.7 Å². The number of carbonyl (C=O) groups excluding carboxylic acids is 3. The fourth-order valence-electron chi connectivity index (χ4n) is 2.90. The number of thioether (sulfide) groups is 1. The molecule has 2 heterocycles. The third-order valence-electron chi connectivity index (χ3n) is 4.38. The molecule has 162 valence electrons. The van der Waals surface area contributed by atoms with Gasteiger partial charge in [0.1, 0.15) is 5.69 Å². The molecular formula is C21H21N3O6S. The quantitative estimate of drug-likeness (QED) is 0.621. The average molecular weight is 443 g/mol. The molecule has 1 aromatic heterocycles. The van der Waals surface area contributed by atoms with Crippen LogP contribution in [0.5, 0.6) is 17.2 Å². The zero-order valence-corrected chi connectivity index (χ0v) is 18.0. The molecule has 0 atom stereocenters. The molecule has 1 aliphatic heterocycles. The summed E-state index contributed by atoms with van der Waals surface area (Å²) in [6.45, 7) is 0.167. The van der Waals surface area contributed by atoms with Gasteiger partial charge in [0.15, 0.2) is 11.5 Å². The summed E-state index contributed by atoms with van der Waals surface area (Å²) in [5, 5.41) is 2.24. The summed E-state index contributed by atoms with van der Waals surface area (Å²) in [7, 11) is 4.49. The van der Waals surface area contributed by atoms with E-state index in [9.17, 15) is 14.4 Å². The van der Waals surface area contributed by atoms with Crippen molar-refractivity contribution >= 4 is 34.9 Å². The molecule has 0 radical (unpaired) electrons. The molecule has 1 fully saturated rings. The molecule has 1 aromatic carbocycles. The van der Waals surface area contributed by atoms with E-state index in [4.69, 9.17) is 14.2 Å². The summed E-state index contributed by atoms with van der Waals surface area (Å²) < 4.78 is 15.9. The zero-order valence-electron chi connectivity index (χ0n) is 17.2. The lowest BCUT2D eigenvalue weighted by Gasteiger charge is -2.13. The topological polar surface area (TPSA) is 107 Å². The second-order valence-electron chi connectivity index (χ2n) is 6.26. The molecule has 0 aliphatic carbocycles. The number of aromatic nitrogens is 1. The third-order valence-corrected chi connectivity index (χ3v) is 5.28. The maximum Gasteiger partial charge on any atom is 0.293 e. The van der Waals surface area contributed by atoms with Gasteiger partial charge in [-0.25, -0.2) is 0 Å². The van der Waals surface area contributed by atoms with E-state index in [1.165, 1.54) is 27.5 Å². The first-order valence-corrected chi connectivity index (χ1v) is 10.0. The number of amides is 3. The van der Waals surface area contributed by atoms with Gasteiger partial charge in [-0.2, -0.15) is 0 Å². The first-order valence-electron chi connectivity index (χ1n) is 9.23. The minimum atomic E-state index is -0.434. The second kappa shape index (κ2) is 9.98. The summed E-state index contributed by atoms with van der Waals surface area (Å²) in [6, 6.07) is 8.35. The number of rotatable bonds is 8. The SMILES string of the molecule is COc1cc(/C=C2\SC(=O)N(CCNC(=O)c3ccccn3)C2=O)cc(OC)c1OC. The van der Waals surface area contributed by atoms with Crippen molar-refractivity contribution in [1.82, 2.24) is 15.2 Å². The molecule has 3 rings (SSSR count). The minimum absolute atomic E-state index is 0.0514.